The Labute approximate surface area is 162 Å². The van der Waals surface area contributed by atoms with Crippen LogP contribution in [0.3, 0.4) is 0 Å². The molecule has 0 atom stereocenters. The van der Waals surface area contributed by atoms with Crippen LogP contribution in [0.2, 0.25) is 0 Å². The van der Waals surface area contributed by atoms with Crippen molar-refractivity contribution in [2.24, 2.45) is 5.92 Å². The van der Waals surface area contributed by atoms with Gasteiger partial charge < -0.3 is 10.2 Å². The molecule has 136 valence electrons. The van der Waals surface area contributed by atoms with Crippen molar-refractivity contribution in [2.75, 3.05) is 23.3 Å². The molecule has 0 aliphatic carbocycles. The molecule has 0 spiro atoms. The molecule has 0 bridgehead atoms. The number of amides is 1. The van der Waals surface area contributed by atoms with Crippen LogP contribution in [-0.4, -0.2) is 29.0 Å². The number of thiazole rings is 2. The molecule has 0 unspecified atom stereocenters. The van der Waals surface area contributed by atoms with E-state index in [4.69, 9.17) is 0 Å². The summed E-state index contributed by atoms with van der Waals surface area (Å²) in [5.74, 6) is -0.458. The highest BCUT2D eigenvalue weighted by Crippen LogP contribution is 2.34. The summed E-state index contributed by atoms with van der Waals surface area (Å²) in [7, 11) is 0. The van der Waals surface area contributed by atoms with Gasteiger partial charge in [-0.15, -0.1) is 0 Å². The summed E-state index contributed by atoms with van der Waals surface area (Å²) >= 11 is 2.94. The van der Waals surface area contributed by atoms with Crippen LogP contribution in [-0.2, 0) is 4.79 Å². The number of aromatic nitrogens is 2. The van der Waals surface area contributed by atoms with Crippen molar-refractivity contribution in [3.63, 3.8) is 0 Å². The van der Waals surface area contributed by atoms with E-state index in [2.05, 4.69) is 21.4 Å². The van der Waals surface area contributed by atoms with Crippen molar-refractivity contribution >= 4 is 59.3 Å². The van der Waals surface area contributed by atoms with Gasteiger partial charge in [-0.3, -0.25) is 4.79 Å². The first-order chi connectivity index (χ1) is 13.1. The van der Waals surface area contributed by atoms with Crippen molar-refractivity contribution in [3.8, 4) is 0 Å². The number of benzene rings is 2. The van der Waals surface area contributed by atoms with Crippen LogP contribution >= 0.6 is 22.7 Å². The van der Waals surface area contributed by atoms with Gasteiger partial charge in [0.15, 0.2) is 10.3 Å². The number of rotatable bonds is 3. The van der Waals surface area contributed by atoms with Gasteiger partial charge in [-0.2, -0.15) is 0 Å². The van der Waals surface area contributed by atoms with E-state index < -0.39 is 0 Å². The lowest BCUT2D eigenvalue weighted by molar-refractivity contribution is -0.120. The average Bonchev–Trinajstić information content (AvgIpc) is 3.17. The first-order valence-electron chi connectivity index (χ1n) is 8.55. The molecule has 5 nitrogen and oxygen atoms in total. The molecule has 1 N–H and O–H groups in total. The number of hydrogen-bond acceptors (Lipinski definition) is 6. The Morgan fingerprint density at radius 2 is 2.04 bits per heavy atom. The molecular weight excluding hydrogens is 383 g/mol. The lowest BCUT2D eigenvalue weighted by Crippen LogP contribution is -2.52. The van der Waals surface area contributed by atoms with Crippen LogP contribution in [0, 0.1) is 18.7 Å². The SMILES string of the molecule is Cc1ccc2nc(NC(=O)C3CN(c4nc5c(F)cccc5s4)C3)sc2c1. The zero-order chi connectivity index (χ0) is 18.5. The second kappa shape index (κ2) is 6.24. The number of carbonyl (C=O) groups is 1. The molecule has 4 aromatic rings. The van der Waals surface area contributed by atoms with E-state index in [0.29, 0.717) is 23.7 Å². The van der Waals surface area contributed by atoms with E-state index in [1.165, 1.54) is 34.3 Å². The molecule has 1 amide bonds. The summed E-state index contributed by atoms with van der Waals surface area (Å²) in [5.41, 5.74) is 2.47. The third-order valence-corrected chi connectivity index (χ3v) is 6.67. The van der Waals surface area contributed by atoms with E-state index in [1.807, 2.05) is 30.0 Å². The van der Waals surface area contributed by atoms with Crippen LogP contribution in [0.25, 0.3) is 20.4 Å². The van der Waals surface area contributed by atoms with Gasteiger partial charge in [0.05, 0.1) is 20.8 Å². The number of anilines is 2. The second-order valence-electron chi connectivity index (χ2n) is 6.66. The summed E-state index contributed by atoms with van der Waals surface area (Å²) in [6.45, 7) is 3.20. The summed E-state index contributed by atoms with van der Waals surface area (Å²) in [4.78, 5) is 23.4. The number of halogens is 1. The van der Waals surface area contributed by atoms with Crippen LogP contribution in [0.1, 0.15) is 5.56 Å². The number of fused-ring (bicyclic) bond motifs is 2. The van der Waals surface area contributed by atoms with Gasteiger partial charge in [0.2, 0.25) is 5.91 Å². The van der Waals surface area contributed by atoms with Gasteiger partial charge in [0.25, 0.3) is 0 Å². The quantitative estimate of drug-likeness (QED) is 0.555. The number of carbonyl (C=O) groups excluding carboxylic acids is 1. The van der Waals surface area contributed by atoms with E-state index in [-0.39, 0.29) is 17.6 Å². The molecule has 1 fully saturated rings. The van der Waals surface area contributed by atoms with Gasteiger partial charge in [-0.25, -0.2) is 14.4 Å². The first-order valence-corrected chi connectivity index (χ1v) is 10.2. The Morgan fingerprint density at radius 3 is 2.85 bits per heavy atom. The average molecular weight is 398 g/mol. The Kier molecular flexibility index (Phi) is 3.84. The largest absolute Gasteiger partial charge is 0.346 e. The predicted octanol–water partition coefficient (Wildman–Crippen LogP) is 4.43. The van der Waals surface area contributed by atoms with Crippen LogP contribution in [0.5, 0.6) is 0 Å². The number of nitrogens with one attached hydrogen (secondary N) is 1. The molecule has 2 aromatic carbocycles. The zero-order valence-electron chi connectivity index (χ0n) is 14.4. The minimum Gasteiger partial charge on any atom is -0.346 e. The van der Waals surface area contributed by atoms with Crippen LogP contribution in [0.15, 0.2) is 36.4 Å². The molecule has 27 heavy (non-hydrogen) atoms. The fourth-order valence-corrected chi connectivity index (χ4v) is 5.10. The molecule has 1 saturated heterocycles. The minimum atomic E-state index is -0.309. The van der Waals surface area contributed by atoms with E-state index in [9.17, 15) is 9.18 Å². The maximum atomic E-state index is 13.8. The van der Waals surface area contributed by atoms with Crippen molar-refractivity contribution in [1.29, 1.82) is 0 Å². The summed E-state index contributed by atoms with van der Waals surface area (Å²) in [5, 5.41) is 4.31. The minimum absolute atomic E-state index is 0.0330. The second-order valence-corrected chi connectivity index (χ2v) is 8.70. The smallest absolute Gasteiger partial charge is 0.232 e. The maximum absolute atomic E-state index is 13.8. The molecule has 0 saturated carbocycles. The topological polar surface area (TPSA) is 58.1 Å². The van der Waals surface area contributed by atoms with Crippen LogP contribution in [0.4, 0.5) is 14.7 Å². The maximum Gasteiger partial charge on any atom is 0.232 e. The van der Waals surface area contributed by atoms with E-state index in [1.54, 1.807) is 6.07 Å². The number of hydrogen-bond donors (Lipinski definition) is 1. The summed E-state index contributed by atoms with van der Waals surface area (Å²) < 4.78 is 15.7. The molecule has 0 radical (unpaired) electrons. The fraction of sp³-hybridized carbons (Fsp3) is 0.211. The summed E-state index contributed by atoms with van der Waals surface area (Å²) in [6.07, 6.45) is 0. The van der Waals surface area contributed by atoms with Gasteiger partial charge in [0.1, 0.15) is 11.3 Å². The van der Waals surface area contributed by atoms with Crippen molar-refractivity contribution in [3.05, 3.63) is 47.8 Å². The van der Waals surface area contributed by atoms with Crippen molar-refractivity contribution in [2.45, 2.75) is 6.92 Å². The molecule has 2 aromatic heterocycles. The third-order valence-electron chi connectivity index (χ3n) is 4.66. The monoisotopic (exact) mass is 398 g/mol. The Bertz CT molecular complexity index is 1180. The predicted molar refractivity (Wildman–Crippen MR) is 108 cm³/mol. The van der Waals surface area contributed by atoms with Crippen molar-refractivity contribution in [1.82, 2.24) is 9.97 Å². The molecule has 1 aliphatic rings. The number of nitrogens with zero attached hydrogens (tertiary/aromatic N) is 3. The lowest BCUT2D eigenvalue weighted by Gasteiger charge is -2.37. The van der Waals surface area contributed by atoms with E-state index >= 15 is 0 Å². The highest BCUT2D eigenvalue weighted by Gasteiger charge is 2.35. The molecule has 8 heteroatoms. The first kappa shape index (κ1) is 16.6. The lowest BCUT2D eigenvalue weighted by atomic mass is 10.0. The molecule has 1 aliphatic heterocycles. The van der Waals surface area contributed by atoms with Gasteiger partial charge in [-0.1, -0.05) is 34.8 Å². The fourth-order valence-electron chi connectivity index (χ4n) is 3.13. The molecular formula is C19H15FN4OS2. The van der Waals surface area contributed by atoms with Gasteiger partial charge in [-0.05, 0) is 36.8 Å². The van der Waals surface area contributed by atoms with Crippen LogP contribution < -0.4 is 10.2 Å². The highest BCUT2D eigenvalue weighted by molar-refractivity contribution is 7.22. The van der Waals surface area contributed by atoms with Crippen molar-refractivity contribution < 1.29 is 9.18 Å². The Hall–Kier alpha value is -2.58. The molecule has 3 heterocycles. The standard InChI is InChI=1S/C19H15FN4OS2/c1-10-5-6-13-15(7-10)26-18(21-13)23-17(25)11-8-24(9-11)19-22-16-12(20)3-2-4-14(16)27-19/h2-7,11H,8-9H2,1H3,(H,21,23,25). The molecule has 5 rings (SSSR count). The van der Waals surface area contributed by atoms with E-state index in [0.717, 1.165) is 20.0 Å². The normalized spacial score (nSPS) is 14.7. The van der Waals surface area contributed by atoms with Gasteiger partial charge >= 0.3 is 0 Å². The number of para-hydroxylation sites is 1. The Balaban J connectivity index is 1.26. The highest BCUT2D eigenvalue weighted by atomic mass is 32.1. The van der Waals surface area contributed by atoms with Gasteiger partial charge in [0, 0.05) is 13.1 Å². The number of aryl methyl sites for hydroxylation is 1. The Morgan fingerprint density at radius 1 is 1.19 bits per heavy atom. The zero-order valence-corrected chi connectivity index (χ0v) is 16.0. The third kappa shape index (κ3) is 2.94. The summed E-state index contributed by atoms with van der Waals surface area (Å²) in [6, 6.07) is 11.0.